The van der Waals surface area contributed by atoms with Gasteiger partial charge in [0.1, 0.15) is 0 Å². The van der Waals surface area contributed by atoms with Crippen molar-refractivity contribution in [3.8, 4) is 0 Å². The molecule has 0 saturated heterocycles. The van der Waals surface area contributed by atoms with Crippen LogP contribution in [0.4, 0.5) is 4.79 Å². The van der Waals surface area contributed by atoms with Crippen molar-refractivity contribution in [2.24, 2.45) is 23.7 Å². The Hall–Kier alpha value is -0.770. The van der Waals surface area contributed by atoms with Gasteiger partial charge in [0.25, 0.3) is 0 Å². The summed E-state index contributed by atoms with van der Waals surface area (Å²) in [7, 11) is 1.86. The van der Waals surface area contributed by atoms with Gasteiger partial charge < -0.3 is 15.4 Å². The van der Waals surface area contributed by atoms with Gasteiger partial charge in [-0.3, -0.25) is 0 Å². The lowest BCUT2D eigenvalue weighted by molar-refractivity contribution is -0.186. The second-order valence-corrected chi connectivity index (χ2v) is 8.27. The lowest BCUT2D eigenvalue weighted by atomic mass is 9.49. The summed E-state index contributed by atoms with van der Waals surface area (Å²) in [5.74, 6) is 3.16. The maximum Gasteiger partial charge on any atom is 0.315 e. The molecule has 5 rings (SSSR count). The molecule has 0 radical (unpaired) electrons. The zero-order chi connectivity index (χ0) is 15.2. The van der Waals surface area contributed by atoms with Crippen molar-refractivity contribution in [3.05, 3.63) is 0 Å². The minimum Gasteiger partial charge on any atom is -0.376 e. The van der Waals surface area contributed by atoms with Crippen molar-refractivity contribution in [2.45, 2.75) is 69.4 Å². The van der Waals surface area contributed by atoms with Gasteiger partial charge in [-0.25, -0.2) is 4.79 Å². The number of hydrogen-bond acceptors (Lipinski definition) is 2. The molecule has 0 heterocycles. The Bertz CT molecular complexity index is 403. The molecular weight excluding hydrogens is 276 g/mol. The van der Waals surface area contributed by atoms with Crippen molar-refractivity contribution in [1.82, 2.24) is 10.6 Å². The molecule has 5 saturated carbocycles. The number of urea groups is 1. The summed E-state index contributed by atoms with van der Waals surface area (Å²) in [6.07, 6.45) is 11.5. The quantitative estimate of drug-likeness (QED) is 0.838. The molecule has 0 spiro atoms. The number of methoxy groups -OCH3 is 1. The van der Waals surface area contributed by atoms with E-state index in [9.17, 15) is 4.79 Å². The summed E-state index contributed by atoms with van der Waals surface area (Å²) in [6.45, 7) is 0.691. The average molecular weight is 306 g/mol. The first-order valence-electron chi connectivity index (χ1n) is 9.29. The molecule has 4 bridgehead atoms. The SMILES string of the molecule is COC1(CNC(=O)NC2CCCC2)C2CC3CC(C2)CC1C3. The van der Waals surface area contributed by atoms with Crippen LogP contribution in [0.25, 0.3) is 0 Å². The summed E-state index contributed by atoms with van der Waals surface area (Å²) in [5, 5.41) is 6.29. The van der Waals surface area contributed by atoms with E-state index in [-0.39, 0.29) is 11.6 Å². The van der Waals surface area contributed by atoms with Crippen LogP contribution in [0.1, 0.15) is 57.8 Å². The second kappa shape index (κ2) is 5.70. The Morgan fingerprint density at radius 2 is 1.64 bits per heavy atom. The molecule has 5 aliphatic carbocycles. The van der Waals surface area contributed by atoms with Crippen molar-refractivity contribution in [2.75, 3.05) is 13.7 Å². The third-order valence-corrected chi connectivity index (χ3v) is 7.12. The van der Waals surface area contributed by atoms with Gasteiger partial charge >= 0.3 is 6.03 Å². The molecule has 0 aromatic heterocycles. The summed E-state index contributed by atoms with van der Waals surface area (Å²) in [6, 6.07) is 0.397. The van der Waals surface area contributed by atoms with Crippen LogP contribution >= 0.6 is 0 Å². The van der Waals surface area contributed by atoms with E-state index < -0.39 is 0 Å². The van der Waals surface area contributed by atoms with E-state index in [1.165, 1.54) is 44.9 Å². The number of nitrogens with one attached hydrogen (secondary N) is 2. The molecule has 0 atom stereocenters. The van der Waals surface area contributed by atoms with Gasteiger partial charge in [-0.2, -0.15) is 0 Å². The van der Waals surface area contributed by atoms with Gasteiger partial charge in [-0.15, -0.1) is 0 Å². The molecule has 0 aromatic carbocycles. The van der Waals surface area contributed by atoms with Gasteiger partial charge in [0, 0.05) is 19.7 Å². The fraction of sp³-hybridized carbons (Fsp3) is 0.944. The standard InChI is InChI=1S/C18H30N2O2/c1-22-18(11-19-17(21)20-16-4-2-3-5-16)14-7-12-6-13(9-14)10-15(18)8-12/h12-16H,2-11H2,1H3,(H2,19,20,21). The van der Waals surface area contributed by atoms with Crippen molar-refractivity contribution in [3.63, 3.8) is 0 Å². The zero-order valence-corrected chi connectivity index (χ0v) is 13.8. The first kappa shape index (κ1) is 14.8. The summed E-state index contributed by atoms with van der Waals surface area (Å²) in [5.41, 5.74) is -0.0968. The highest BCUT2D eigenvalue weighted by atomic mass is 16.5. The monoisotopic (exact) mass is 306 g/mol. The largest absolute Gasteiger partial charge is 0.376 e. The van der Waals surface area contributed by atoms with E-state index in [0.29, 0.717) is 24.4 Å². The third kappa shape index (κ3) is 2.44. The number of carbonyl (C=O) groups is 1. The smallest absolute Gasteiger partial charge is 0.315 e. The predicted molar refractivity (Wildman–Crippen MR) is 85.6 cm³/mol. The van der Waals surface area contributed by atoms with Gasteiger partial charge in [0.15, 0.2) is 0 Å². The Morgan fingerprint density at radius 3 is 2.18 bits per heavy atom. The molecule has 4 nitrogen and oxygen atoms in total. The normalized spacial score (nSPS) is 43.5. The Kier molecular flexibility index (Phi) is 3.83. The van der Waals surface area contributed by atoms with E-state index in [1.807, 2.05) is 7.11 Å². The first-order valence-corrected chi connectivity index (χ1v) is 9.29. The molecule has 0 unspecified atom stereocenters. The molecule has 2 N–H and O–H groups in total. The summed E-state index contributed by atoms with van der Waals surface area (Å²) < 4.78 is 6.09. The lowest BCUT2D eigenvalue weighted by Crippen LogP contribution is -2.63. The molecule has 4 heteroatoms. The first-order chi connectivity index (χ1) is 10.7. The molecule has 22 heavy (non-hydrogen) atoms. The molecule has 0 aromatic rings. The number of hydrogen-bond donors (Lipinski definition) is 2. The fourth-order valence-corrected chi connectivity index (χ4v) is 6.20. The molecule has 0 aliphatic heterocycles. The number of ether oxygens (including phenoxy) is 1. The van der Waals surface area contributed by atoms with Crippen LogP contribution in [0.15, 0.2) is 0 Å². The van der Waals surface area contributed by atoms with Gasteiger partial charge in [0.2, 0.25) is 0 Å². The third-order valence-electron chi connectivity index (χ3n) is 7.12. The lowest BCUT2D eigenvalue weighted by Gasteiger charge is -2.60. The Labute approximate surface area is 133 Å². The second-order valence-electron chi connectivity index (χ2n) is 8.27. The van der Waals surface area contributed by atoms with E-state index in [0.717, 1.165) is 24.7 Å². The van der Waals surface area contributed by atoms with Crippen LogP contribution in [-0.4, -0.2) is 31.3 Å². The van der Waals surface area contributed by atoms with Crippen LogP contribution in [0.3, 0.4) is 0 Å². The highest BCUT2D eigenvalue weighted by molar-refractivity contribution is 5.74. The highest BCUT2D eigenvalue weighted by Gasteiger charge is 2.57. The summed E-state index contributed by atoms with van der Waals surface area (Å²) >= 11 is 0. The minimum absolute atomic E-state index is 0.0112. The molecular formula is C18H30N2O2. The van der Waals surface area contributed by atoms with Crippen molar-refractivity contribution < 1.29 is 9.53 Å². The van der Waals surface area contributed by atoms with E-state index in [2.05, 4.69) is 10.6 Å². The molecule has 5 fully saturated rings. The topological polar surface area (TPSA) is 50.4 Å². The van der Waals surface area contributed by atoms with Crippen LogP contribution in [0.2, 0.25) is 0 Å². The van der Waals surface area contributed by atoms with E-state index in [4.69, 9.17) is 4.74 Å². The van der Waals surface area contributed by atoms with E-state index in [1.54, 1.807) is 0 Å². The minimum atomic E-state index is -0.0968. The van der Waals surface area contributed by atoms with Gasteiger partial charge in [-0.05, 0) is 68.6 Å². The van der Waals surface area contributed by atoms with Crippen molar-refractivity contribution in [1.29, 1.82) is 0 Å². The average Bonchev–Trinajstić information content (AvgIpc) is 2.99. The predicted octanol–water partition coefficient (Wildman–Crippen LogP) is 3.07. The Balaban J connectivity index is 1.38. The molecule has 124 valence electrons. The maximum absolute atomic E-state index is 12.2. The Morgan fingerprint density at radius 1 is 1.05 bits per heavy atom. The molecule has 2 amide bonds. The molecule has 5 aliphatic rings. The number of rotatable bonds is 4. The number of carbonyl (C=O) groups excluding carboxylic acids is 1. The van der Waals surface area contributed by atoms with Crippen LogP contribution in [-0.2, 0) is 4.74 Å². The maximum atomic E-state index is 12.2. The highest BCUT2D eigenvalue weighted by Crippen LogP contribution is 2.59. The van der Waals surface area contributed by atoms with Crippen LogP contribution in [0.5, 0.6) is 0 Å². The van der Waals surface area contributed by atoms with Gasteiger partial charge in [0.05, 0.1) is 5.60 Å². The van der Waals surface area contributed by atoms with Crippen molar-refractivity contribution >= 4 is 6.03 Å². The zero-order valence-electron chi connectivity index (χ0n) is 13.8. The fourth-order valence-electron chi connectivity index (χ4n) is 6.20. The number of amides is 2. The van der Waals surface area contributed by atoms with Crippen LogP contribution in [0, 0.1) is 23.7 Å². The van der Waals surface area contributed by atoms with Crippen LogP contribution < -0.4 is 10.6 Å². The summed E-state index contributed by atoms with van der Waals surface area (Å²) in [4.78, 5) is 12.2. The van der Waals surface area contributed by atoms with E-state index >= 15 is 0 Å². The van der Waals surface area contributed by atoms with Gasteiger partial charge in [-0.1, -0.05) is 12.8 Å².